The lowest BCUT2D eigenvalue weighted by Gasteiger charge is -2.23. The molecule has 14 heavy (non-hydrogen) atoms. The SMILES string of the molecule is CC(C)[C@@H](C)N[C@@H](C)c1ccncc1. The Morgan fingerprint density at radius 1 is 1.07 bits per heavy atom. The van der Waals surface area contributed by atoms with Crippen molar-refractivity contribution in [2.45, 2.75) is 39.8 Å². The Kier molecular flexibility index (Phi) is 4.08. The normalized spacial score (nSPS) is 15.5. The molecule has 0 amide bonds. The second-order valence-electron chi connectivity index (χ2n) is 4.20. The molecule has 0 spiro atoms. The van der Waals surface area contributed by atoms with Crippen molar-refractivity contribution in [3.8, 4) is 0 Å². The van der Waals surface area contributed by atoms with Crippen LogP contribution < -0.4 is 5.32 Å². The van der Waals surface area contributed by atoms with Crippen LogP contribution in [0, 0.1) is 5.92 Å². The van der Waals surface area contributed by atoms with Gasteiger partial charge in [0.2, 0.25) is 0 Å². The van der Waals surface area contributed by atoms with Crippen molar-refractivity contribution < 1.29 is 0 Å². The van der Waals surface area contributed by atoms with E-state index in [1.807, 2.05) is 12.4 Å². The van der Waals surface area contributed by atoms with Crippen LogP contribution in [0.2, 0.25) is 0 Å². The summed E-state index contributed by atoms with van der Waals surface area (Å²) in [4.78, 5) is 4.01. The van der Waals surface area contributed by atoms with Gasteiger partial charge in [-0.3, -0.25) is 4.98 Å². The molecule has 0 unspecified atom stereocenters. The average molecular weight is 192 g/mol. The smallest absolute Gasteiger partial charge is 0.0295 e. The van der Waals surface area contributed by atoms with E-state index in [2.05, 4.69) is 50.1 Å². The van der Waals surface area contributed by atoms with Crippen LogP contribution in [0.3, 0.4) is 0 Å². The molecule has 2 heteroatoms. The lowest BCUT2D eigenvalue weighted by Crippen LogP contribution is -2.32. The number of hydrogen-bond acceptors (Lipinski definition) is 2. The highest BCUT2D eigenvalue weighted by Gasteiger charge is 2.11. The Balaban J connectivity index is 2.55. The van der Waals surface area contributed by atoms with E-state index in [-0.39, 0.29) is 0 Å². The van der Waals surface area contributed by atoms with E-state index in [1.165, 1.54) is 5.56 Å². The standard InChI is InChI=1S/C12H20N2/c1-9(2)10(3)14-11(4)12-5-7-13-8-6-12/h5-11,14H,1-4H3/t10-,11+/m1/s1. The molecule has 0 radical (unpaired) electrons. The van der Waals surface area contributed by atoms with Crippen LogP contribution >= 0.6 is 0 Å². The Labute approximate surface area is 86.8 Å². The second-order valence-corrected chi connectivity index (χ2v) is 4.20. The van der Waals surface area contributed by atoms with E-state index < -0.39 is 0 Å². The molecule has 0 bridgehead atoms. The predicted octanol–water partition coefficient (Wildman–Crippen LogP) is 2.78. The summed E-state index contributed by atoms with van der Waals surface area (Å²) in [6, 6.07) is 5.06. The maximum absolute atomic E-state index is 4.01. The summed E-state index contributed by atoms with van der Waals surface area (Å²) in [6.07, 6.45) is 3.68. The molecule has 0 saturated carbocycles. The van der Waals surface area contributed by atoms with Crippen LogP contribution in [0.1, 0.15) is 39.3 Å². The fraction of sp³-hybridized carbons (Fsp3) is 0.583. The minimum atomic E-state index is 0.399. The van der Waals surface area contributed by atoms with Gasteiger partial charge in [-0.05, 0) is 37.5 Å². The highest BCUT2D eigenvalue weighted by atomic mass is 14.9. The summed E-state index contributed by atoms with van der Waals surface area (Å²) in [7, 11) is 0. The fourth-order valence-corrected chi connectivity index (χ4v) is 1.34. The van der Waals surface area contributed by atoms with Crippen LogP contribution in [0.25, 0.3) is 0 Å². The van der Waals surface area contributed by atoms with Gasteiger partial charge in [-0.2, -0.15) is 0 Å². The van der Waals surface area contributed by atoms with Crippen molar-refractivity contribution >= 4 is 0 Å². The van der Waals surface area contributed by atoms with Crippen molar-refractivity contribution in [1.82, 2.24) is 10.3 Å². The first-order chi connectivity index (χ1) is 6.61. The summed E-state index contributed by atoms with van der Waals surface area (Å²) >= 11 is 0. The van der Waals surface area contributed by atoms with Crippen LogP contribution in [0.15, 0.2) is 24.5 Å². The van der Waals surface area contributed by atoms with Crippen molar-refractivity contribution in [1.29, 1.82) is 0 Å². The van der Waals surface area contributed by atoms with Gasteiger partial charge in [0.15, 0.2) is 0 Å². The minimum Gasteiger partial charge on any atom is -0.307 e. The molecule has 2 atom stereocenters. The zero-order valence-electron chi connectivity index (χ0n) is 9.49. The van der Waals surface area contributed by atoms with Gasteiger partial charge in [0.25, 0.3) is 0 Å². The number of hydrogen-bond donors (Lipinski definition) is 1. The molecule has 2 nitrogen and oxygen atoms in total. The van der Waals surface area contributed by atoms with Gasteiger partial charge in [0, 0.05) is 24.5 Å². The van der Waals surface area contributed by atoms with Gasteiger partial charge in [-0.25, -0.2) is 0 Å². The van der Waals surface area contributed by atoms with E-state index in [4.69, 9.17) is 0 Å². The highest BCUT2D eigenvalue weighted by Crippen LogP contribution is 2.13. The number of nitrogens with zero attached hydrogens (tertiary/aromatic N) is 1. The maximum Gasteiger partial charge on any atom is 0.0295 e. The van der Waals surface area contributed by atoms with Gasteiger partial charge < -0.3 is 5.32 Å². The molecule has 1 aromatic heterocycles. The summed E-state index contributed by atoms with van der Waals surface area (Å²) in [5.74, 6) is 0.666. The van der Waals surface area contributed by atoms with E-state index in [1.54, 1.807) is 0 Å². The first kappa shape index (κ1) is 11.2. The molecule has 1 rings (SSSR count). The first-order valence-corrected chi connectivity index (χ1v) is 5.27. The molecule has 0 aromatic carbocycles. The lowest BCUT2D eigenvalue weighted by atomic mass is 10.0. The Morgan fingerprint density at radius 2 is 1.64 bits per heavy atom. The summed E-state index contributed by atoms with van der Waals surface area (Å²) in [6.45, 7) is 8.88. The molecule has 78 valence electrons. The fourth-order valence-electron chi connectivity index (χ4n) is 1.34. The molecule has 0 aliphatic heterocycles. The third kappa shape index (κ3) is 3.11. The van der Waals surface area contributed by atoms with Crippen molar-refractivity contribution in [2.24, 2.45) is 5.92 Å². The zero-order chi connectivity index (χ0) is 10.6. The van der Waals surface area contributed by atoms with Gasteiger partial charge in [0.05, 0.1) is 0 Å². The maximum atomic E-state index is 4.01. The van der Waals surface area contributed by atoms with E-state index in [0.717, 1.165) is 0 Å². The molecule has 0 aliphatic rings. The van der Waals surface area contributed by atoms with Crippen LogP contribution in [0.4, 0.5) is 0 Å². The number of nitrogens with one attached hydrogen (secondary N) is 1. The van der Waals surface area contributed by atoms with Crippen molar-refractivity contribution in [2.75, 3.05) is 0 Å². The number of rotatable bonds is 4. The van der Waals surface area contributed by atoms with Crippen LogP contribution in [-0.4, -0.2) is 11.0 Å². The monoisotopic (exact) mass is 192 g/mol. The lowest BCUT2D eigenvalue weighted by molar-refractivity contribution is 0.389. The predicted molar refractivity (Wildman–Crippen MR) is 60.1 cm³/mol. The highest BCUT2D eigenvalue weighted by molar-refractivity contribution is 5.14. The largest absolute Gasteiger partial charge is 0.307 e. The molecule has 1 heterocycles. The molecule has 0 saturated heterocycles. The molecular weight excluding hydrogens is 172 g/mol. The molecule has 0 fully saturated rings. The minimum absolute atomic E-state index is 0.399. The van der Waals surface area contributed by atoms with Crippen LogP contribution in [-0.2, 0) is 0 Å². The van der Waals surface area contributed by atoms with Crippen molar-refractivity contribution in [3.05, 3.63) is 30.1 Å². The first-order valence-electron chi connectivity index (χ1n) is 5.27. The molecule has 1 N–H and O–H groups in total. The Morgan fingerprint density at radius 3 is 2.14 bits per heavy atom. The van der Waals surface area contributed by atoms with E-state index in [9.17, 15) is 0 Å². The quantitative estimate of drug-likeness (QED) is 0.793. The molecular formula is C12H20N2. The second kappa shape index (κ2) is 5.11. The van der Waals surface area contributed by atoms with Crippen LogP contribution in [0.5, 0.6) is 0 Å². The van der Waals surface area contributed by atoms with E-state index in [0.29, 0.717) is 18.0 Å². The third-order valence-electron chi connectivity index (χ3n) is 2.72. The number of aromatic nitrogens is 1. The van der Waals surface area contributed by atoms with E-state index >= 15 is 0 Å². The summed E-state index contributed by atoms with van der Waals surface area (Å²) in [5, 5.41) is 3.57. The Hall–Kier alpha value is -0.890. The Bertz CT molecular complexity index is 256. The molecule has 0 aliphatic carbocycles. The van der Waals surface area contributed by atoms with Gasteiger partial charge >= 0.3 is 0 Å². The summed E-state index contributed by atoms with van der Waals surface area (Å²) < 4.78 is 0. The zero-order valence-corrected chi connectivity index (χ0v) is 9.49. The number of pyridine rings is 1. The van der Waals surface area contributed by atoms with Crippen molar-refractivity contribution in [3.63, 3.8) is 0 Å². The molecule has 1 aromatic rings. The average Bonchev–Trinajstić information content (AvgIpc) is 2.19. The van der Waals surface area contributed by atoms with Gasteiger partial charge in [0.1, 0.15) is 0 Å². The third-order valence-corrected chi connectivity index (χ3v) is 2.72. The summed E-state index contributed by atoms with van der Waals surface area (Å²) in [5.41, 5.74) is 1.30. The van der Waals surface area contributed by atoms with Gasteiger partial charge in [-0.1, -0.05) is 13.8 Å². The van der Waals surface area contributed by atoms with Gasteiger partial charge in [-0.15, -0.1) is 0 Å². The topological polar surface area (TPSA) is 24.9 Å².